The number of hydrogen-bond donors (Lipinski definition) is 2. The Balaban J connectivity index is 1.49. The summed E-state index contributed by atoms with van der Waals surface area (Å²) in [4.78, 5) is 16.0. The number of hydrogen-bond acceptors (Lipinski definition) is 3. The maximum Gasteiger partial charge on any atom is 0.319 e. The quantitative estimate of drug-likeness (QED) is 0.730. The van der Waals surface area contributed by atoms with Crippen molar-refractivity contribution in [3.8, 4) is 0 Å². The summed E-state index contributed by atoms with van der Waals surface area (Å²) in [5.74, 6) is 0. The normalized spacial score (nSPS) is 11.9. The molecule has 0 aliphatic rings. The number of amides is 2. The van der Waals surface area contributed by atoms with Gasteiger partial charge < -0.3 is 15.2 Å². The Hall–Kier alpha value is -3.09. The third-order valence-electron chi connectivity index (χ3n) is 3.54. The summed E-state index contributed by atoms with van der Waals surface area (Å²) in [7, 11) is 0. The van der Waals surface area contributed by atoms with Gasteiger partial charge >= 0.3 is 6.03 Å². The van der Waals surface area contributed by atoms with Gasteiger partial charge in [0.1, 0.15) is 0 Å². The minimum atomic E-state index is -0.220. The van der Waals surface area contributed by atoms with E-state index in [9.17, 15) is 4.79 Å². The smallest absolute Gasteiger partial charge is 0.319 e. The molecule has 3 rings (SSSR count). The molecule has 0 saturated heterocycles. The van der Waals surface area contributed by atoms with Crippen molar-refractivity contribution in [1.29, 1.82) is 0 Å². The van der Waals surface area contributed by atoms with Crippen LogP contribution in [0.2, 0.25) is 0 Å². The Kier molecular flexibility index (Phi) is 4.90. The molecule has 2 heterocycles. The van der Waals surface area contributed by atoms with Crippen LogP contribution in [0.3, 0.4) is 0 Å². The van der Waals surface area contributed by atoms with Crippen LogP contribution in [-0.2, 0) is 13.1 Å². The van der Waals surface area contributed by atoms with Crippen molar-refractivity contribution in [2.24, 2.45) is 0 Å². The number of nitrogens with zero attached hydrogens (tertiary/aromatic N) is 4. The van der Waals surface area contributed by atoms with E-state index in [0.29, 0.717) is 13.1 Å². The first kappa shape index (κ1) is 15.8. The first-order valence-electron chi connectivity index (χ1n) is 7.78. The van der Waals surface area contributed by atoms with E-state index in [1.165, 1.54) is 0 Å². The molecule has 0 radical (unpaired) electrons. The van der Waals surface area contributed by atoms with E-state index in [1.54, 1.807) is 18.7 Å². The largest absolute Gasteiger partial charge is 0.335 e. The number of imidazole rings is 1. The van der Waals surface area contributed by atoms with Crippen molar-refractivity contribution in [3.63, 3.8) is 0 Å². The van der Waals surface area contributed by atoms with E-state index in [-0.39, 0.29) is 12.1 Å². The standard InChI is InChI=1S/C17H20N6O/c1-14(11-22-10-8-18-13-22)20-17(24)21-16-5-3-15(4-6-16)12-23-9-2-7-19-23/h2-10,13-14H,11-12H2,1H3,(H2,20,21,24)/t14-/m1/s1. The first-order chi connectivity index (χ1) is 11.7. The van der Waals surface area contributed by atoms with Crippen LogP contribution in [0.25, 0.3) is 0 Å². The minimum absolute atomic E-state index is 0.00158. The van der Waals surface area contributed by atoms with Crippen molar-refractivity contribution in [2.45, 2.75) is 26.1 Å². The van der Waals surface area contributed by atoms with Crippen LogP contribution in [0.1, 0.15) is 12.5 Å². The second-order valence-corrected chi connectivity index (χ2v) is 5.66. The Morgan fingerprint density at radius 2 is 2.04 bits per heavy atom. The Labute approximate surface area is 140 Å². The van der Waals surface area contributed by atoms with Crippen LogP contribution in [0.15, 0.2) is 61.4 Å². The minimum Gasteiger partial charge on any atom is -0.335 e. The van der Waals surface area contributed by atoms with Gasteiger partial charge in [0.2, 0.25) is 0 Å². The summed E-state index contributed by atoms with van der Waals surface area (Å²) in [6.07, 6.45) is 8.99. The maximum absolute atomic E-state index is 12.0. The molecule has 2 N–H and O–H groups in total. The lowest BCUT2D eigenvalue weighted by atomic mass is 10.2. The lowest BCUT2D eigenvalue weighted by Gasteiger charge is -2.15. The Morgan fingerprint density at radius 1 is 1.21 bits per heavy atom. The zero-order valence-corrected chi connectivity index (χ0v) is 13.5. The van der Waals surface area contributed by atoms with Gasteiger partial charge in [0.05, 0.1) is 12.9 Å². The number of urea groups is 1. The number of aromatic nitrogens is 4. The van der Waals surface area contributed by atoms with Crippen molar-refractivity contribution >= 4 is 11.7 Å². The Morgan fingerprint density at radius 3 is 2.71 bits per heavy atom. The van der Waals surface area contributed by atoms with E-state index in [0.717, 1.165) is 11.3 Å². The van der Waals surface area contributed by atoms with Gasteiger partial charge in [0.15, 0.2) is 0 Å². The molecule has 3 aromatic rings. The lowest BCUT2D eigenvalue weighted by Crippen LogP contribution is -2.38. The molecule has 0 spiro atoms. The van der Waals surface area contributed by atoms with Gasteiger partial charge in [0, 0.05) is 43.1 Å². The molecule has 7 heteroatoms. The number of anilines is 1. The average molecular weight is 324 g/mol. The average Bonchev–Trinajstić information content (AvgIpc) is 3.23. The number of nitrogens with one attached hydrogen (secondary N) is 2. The van der Waals surface area contributed by atoms with E-state index in [4.69, 9.17) is 0 Å². The fraction of sp³-hybridized carbons (Fsp3) is 0.235. The summed E-state index contributed by atoms with van der Waals surface area (Å²) in [5.41, 5.74) is 1.88. The molecule has 1 aromatic carbocycles. The fourth-order valence-electron chi connectivity index (χ4n) is 2.42. The van der Waals surface area contributed by atoms with Gasteiger partial charge in [-0.05, 0) is 30.7 Å². The number of benzene rings is 1. The monoisotopic (exact) mass is 324 g/mol. The summed E-state index contributed by atoms with van der Waals surface area (Å²) in [6.45, 7) is 3.34. The molecular weight excluding hydrogens is 304 g/mol. The number of carbonyl (C=O) groups is 1. The third kappa shape index (κ3) is 4.45. The molecular formula is C17H20N6O. The van der Waals surface area contributed by atoms with E-state index in [1.807, 2.05) is 58.9 Å². The van der Waals surface area contributed by atoms with Crippen molar-refractivity contribution < 1.29 is 4.79 Å². The lowest BCUT2D eigenvalue weighted by molar-refractivity contribution is 0.248. The Bertz CT molecular complexity index is 749. The van der Waals surface area contributed by atoms with E-state index >= 15 is 0 Å². The third-order valence-corrected chi connectivity index (χ3v) is 3.54. The summed E-state index contributed by atoms with van der Waals surface area (Å²) in [6, 6.07) is 9.40. The molecule has 1 atom stereocenters. The van der Waals surface area contributed by atoms with E-state index in [2.05, 4.69) is 20.7 Å². The highest BCUT2D eigenvalue weighted by Gasteiger charge is 2.08. The molecule has 2 aromatic heterocycles. The SMILES string of the molecule is C[C@H](Cn1ccnc1)NC(=O)Nc1ccc(Cn2cccn2)cc1. The second kappa shape index (κ2) is 7.45. The highest BCUT2D eigenvalue weighted by Crippen LogP contribution is 2.10. The van der Waals surface area contributed by atoms with Gasteiger partial charge in [-0.2, -0.15) is 5.10 Å². The molecule has 124 valence electrons. The van der Waals surface area contributed by atoms with Crippen molar-refractivity contribution in [2.75, 3.05) is 5.32 Å². The first-order valence-corrected chi connectivity index (χ1v) is 7.78. The van der Waals surface area contributed by atoms with Crippen LogP contribution in [0.4, 0.5) is 10.5 Å². The number of rotatable bonds is 6. The predicted octanol–water partition coefficient (Wildman–Crippen LogP) is 2.34. The van der Waals surface area contributed by atoms with Crippen LogP contribution in [-0.4, -0.2) is 31.4 Å². The molecule has 0 fully saturated rings. The molecule has 0 bridgehead atoms. The van der Waals surface area contributed by atoms with Crippen molar-refractivity contribution in [1.82, 2.24) is 24.6 Å². The fourth-order valence-corrected chi connectivity index (χ4v) is 2.42. The second-order valence-electron chi connectivity index (χ2n) is 5.66. The van der Waals surface area contributed by atoms with Crippen LogP contribution in [0, 0.1) is 0 Å². The van der Waals surface area contributed by atoms with Crippen LogP contribution in [0.5, 0.6) is 0 Å². The maximum atomic E-state index is 12.0. The van der Waals surface area contributed by atoms with Crippen LogP contribution < -0.4 is 10.6 Å². The summed E-state index contributed by atoms with van der Waals surface area (Å²) >= 11 is 0. The predicted molar refractivity (Wildman–Crippen MR) is 91.6 cm³/mol. The van der Waals surface area contributed by atoms with E-state index < -0.39 is 0 Å². The van der Waals surface area contributed by atoms with Gasteiger partial charge in [-0.3, -0.25) is 4.68 Å². The highest BCUT2D eigenvalue weighted by atomic mass is 16.2. The van der Waals surface area contributed by atoms with Crippen molar-refractivity contribution in [3.05, 3.63) is 67.0 Å². The number of carbonyl (C=O) groups excluding carboxylic acids is 1. The molecule has 24 heavy (non-hydrogen) atoms. The zero-order chi connectivity index (χ0) is 16.8. The summed E-state index contributed by atoms with van der Waals surface area (Å²) < 4.78 is 3.78. The molecule has 0 aliphatic heterocycles. The highest BCUT2D eigenvalue weighted by molar-refractivity contribution is 5.89. The van der Waals surface area contributed by atoms with Crippen LogP contribution >= 0.6 is 0 Å². The molecule has 7 nitrogen and oxygen atoms in total. The topological polar surface area (TPSA) is 76.8 Å². The molecule has 0 saturated carbocycles. The molecule has 2 amide bonds. The van der Waals surface area contributed by atoms with Gasteiger partial charge in [-0.25, -0.2) is 9.78 Å². The summed E-state index contributed by atoms with van der Waals surface area (Å²) in [5, 5.41) is 9.92. The zero-order valence-electron chi connectivity index (χ0n) is 13.5. The van der Waals surface area contributed by atoms with Gasteiger partial charge in [-0.1, -0.05) is 12.1 Å². The van der Waals surface area contributed by atoms with Gasteiger partial charge in [-0.15, -0.1) is 0 Å². The molecule has 0 aliphatic carbocycles. The van der Waals surface area contributed by atoms with Gasteiger partial charge in [0.25, 0.3) is 0 Å². The molecule has 0 unspecified atom stereocenters.